The third-order valence-electron chi connectivity index (χ3n) is 6.96. The smallest absolute Gasteiger partial charge is 0.327 e. The second-order valence-corrected chi connectivity index (χ2v) is 10.0. The molecule has 0 bridgehead atoms. The van der Waals surface area contributed by atoms with Gasteiger partial charge in [-0.05, 0) is 24.0 Å². The van der Waals surface area contributed by atoms with Crippen molar-refractivity contribution in [3.05, 3.63) is 45.9 Å². The summed E-state index contributed by atoms with van der Waals surface area (Å²) in [5.41, 5.74) is 8.24. The van der Waals surface area contributed by atoms with Crippen LogP contribution in [0.4, 0.5) is 5.82 Å². The van der Waals surface area contributed by atoms with Crippen LogP contribution >= 0.6 is 0 Å². The summed E-state index contributed by atoms with van der Waals surface area (Å²) in [5, 5.41) is 0. The number of esters is 1. The number of ether oxygens (including phenoxy) is 3. The molecule has 1 saturated heterocycles. The first-order valence-electron chi connectivity index (χ1n) is 14.0. The van der Waals surface area contributed by atoms with Gasteiger partial charge in [-0.1, -0.05) is 37.6 Å². The number of aryl methyl sites for hydroxylation is 1. The van der Waals surface area contributed by atoms with Gasteiger partial charge in [0.25, 0.3) is 0 Å². The molecule has 3 N–H and O–H groups in total. The van der Waals surface area contributed by atoms with Gasteiger partial charge in [0.1, 0.15) is 5.52 Å². The Bertz CT molecular complexity index is 1360. The summed E-state index contributed by atoms with van der Waals surface area (Å²) in [5.74, 6) is -0.162. The van der Waals surface area contributed by atoms with Gasteiger partial charge in [0.2, 0.25) is 5.91 Å². The molecule has 4 rings (SSSR count). The number of benzene rings is 1. The number of nitrogen functional groups attached to an aromatic ring is 1. The summed E-state index contributed by atoms with van der Waals surface area (Å²) in [6.07, 6.45) is 2.52. The van der Waals surface area contributed by atoms with Gasteiger partial charge in [0.05, 0.1) is 39.9 Å². The second kappa shape index (κ2) is 14.6. The molecule has 1 aliphatic rings. The number of imidazole rings is 1. The van der Waals surface area contributed by atoms with Crippen LogP contribution in [0.25, 0.3) is 11.2 Å². The standard InChI is InChI=1S/C28H39N7O6/c1-3-4-14-41-27-31-25(29)24-26(32-27)35(28(38)30-24)11-5-10-34(22(36)19-33-12-15-40-16-13-33)18-21-8-6-20(7-9-21)17-23(37)39-2/h6-9H,3-5,10-19H2,1-2H3,(H,30,38)(H2,29,31,32). The van der Waals surface area contributed by atoms with Gasteiger partial charge in [0.15, 0.2) is 11.5 Å². The molecule has 13 heteroatoms. The zero-order valence-electron chi connectivity index (χ0n) is 23.8. The van der Waals surface area contributed by atoms with Gasteiger partial charge in [-0.15, -0.1) is 0 Å². The minimum atomic E-state index is -0.348. The zero-order valence-corrected chi connectivity index (χ0v) is 23.8. The number of carbonyl (C=O) groups is 2. The molecule has 1 aliphatic heterocycles. The lowest BCUT2D eigenvalue weighted by atomic mass is 10.1. The summed E-state index contributed by atoms with van der Waals surface area (Å²) in [6.45, 7) is 6.57. The molecule has 0 unspecified atom stereocenters. The van der Waals surface area contributed by atoms with E-state index in [1.54, 1.807) is 4.90 Å². The summed E-state index contributed by atoms with van der Waals surface area (Å²) in [7, 11) is 1.36. The van der Waals surface area contributed by atoms with Crippen molar-refractivity contribution in [3.8, 4) is 6.01 Å². The minimum Gasteiger partial charge on any atom is -0.469 e. The first kappa shape index (κ1) is 30.0. The van der Waals surface area contributed by atoms with Crippen molar-refractivity contribution in [1.82, 2.24) is 29.3 Å². The predicted octanol–water partition coefficient (Wildman–Crippen LogP) is 1.35. The van der Waals surface area contributed by atoms with Crippen LogP contribution in [0.3, 0.4) is 0 Å². The number of nitrogens with two attached hydrogens (primary N) is 1. The van der Waals surface area contributed by atoms with Crippen LogP contribution < -0.4 is 16.2 Å². The summed E-state index contributed by atoms with van der Waals surface area (Å²) < 4.78 is 17.3. The Morgan fingerprint density at radius 3 is 2.56 bits per heavy atom. The van der Waals surface area contributed by atoms with Gasteiger partial charge >= 0.3 is 17.7 Å². The van der Waals surface area contributed by atoms with Gasteiger partial charge < -0.3 is 29.8 Å². The van der Waals surface area contributed by atoms with E-state index in [1.165, 1.54) is 11.7 Å². The van der Waals surface area contributed by atoms with Crippen molar-refractivity contribution in [1.29, 1.82) is 0 Å². The lowest BCUT2D eigenvalue weighted by molar-refractivity contribution is -0.139. The van der Waals surface area contributed by atoms with Crippen LogP contribution in [0.2, 0.25) is 0 Å². The highest BCUT2D eigenvalue weighted by atomic mass is 16.5. The monoisotopic (exact) mass is 569 g/mol. The number of H-pyrrole nitrogens is 1. The zero-order chi connectivity index (χ0) is 29.2. The number of fused-ring (bicyclic) bond motifs is 1. The third kappa shape index (κ3) is 8.27. The highest BCUT2D eigenvalue weighted by Gasteiger charge is 2.21. The van der Waals surface area contributed by atoms with Crippen LogP contribution in [-0.2, 0) is 38.6 Å². The van der Waals surface area contributed by atoms with Crippen LogP contribution in [-0.4, -0.2) is 94.3 Å². The topological polar surface area (TPSA) is 158 Å². The van der Waals surface area contributed by atoms with E-state index in [4.69, 9.17) is 19.9 Å². The quantitative estimate of drug-likeness (QED) is 0.214. The number of nitrogens with zero attached hydrogens (tertiary/aromatic N) is 5. The number of nitrogens with one attached hydrogen (secondary N) is 1. The number of aromatic amines is 1. The van der Waals surface area contributed by atoms with Crippen LogP contribution in [0.15, 0.2) is 29.1 Å². The number of hydrogen-bond donors (Lipinski definition) is 2. The van der Waals surface area contributed by atoms with E-state index in [2.05, 4.69) is 26.8 Å². The van der Waals surface area contributed by atoms with Crippen molar-refractivity contribution in [2.45, 2.75) is 45.7 Å². The molecular formula is C28H39N7O6. The summed E-state index contributed by atoms with van der Waals surface area (Å²) in [6, 6.07) is 7.70. The average Bonchev–Trinajstić information content (AvgIpc) is 3.29. The maximum atomic E-state index is 13.4. The van der Waals surface area contributed by atoms with Crippen molar-refractivity contribution < 1.29 is 23.8 Å². The molecule has 0 aliphatic carbocycles. The molecular weight excluding hydrogens is 530 g/mol. The maximum absolute atomic E-state index is 13.4. The van der Waals surface area contributed by atoms with Crippen molar-refractivity contribution >= 4 is 28.9 Å². The molecule has 222 valence electrons. The second-order valence-electron chi connectivity index (χ2n) is 10.0. The lowest BCUT2D eigenvalue weighted by Crippen LogP contribution is -2.45. The fourth-order valence-corrected chi connectivity index (χ4v) is 4.59. The molecule has 2 aromatic heterocycles. The fraction of sp³-hybridized carbons (Fsp3) is 0.536. The van der Waals surface area contributed by atoms with Crippen LogP contribution in [0, 0.1) is 0 Å². The Morgan fingerprint density at radius 2 is 1.85 bits per heavy atom. The molecule has 41 heavy (non-hydrogen) atoms. The number of hydrogen-bond acceptors (Lipinski definition) is 10. The number of anilines is 1. The maximum Gasteiger partial charge on any atom is 0.327 e. The number of aromatic nitrogens is 4. The SMILES string of the molecule is CCCCOc1nc(N)c2[nH]c(=O)n(CCCN(Cc3ccc(CC(=O)OC)cc3)C(=O)CN3CCOCC3)c2n1. The van der Waals surface area contributed by atoms with Crippen LogP contribution in [0.1, 0.15) is 37.3 Å². The van der Waals surface area contributed by atoms with E-state index >= 15 is 0 Å². The van der Waals surface area contributed by atoms with E-state index in [0.29, 0.717) is 76.7 Å². The number of morpholine rings is 1. The Kier molecular flexibility index (Phi) is 10.7. The van der Waals surface area contributed by atoms with Crippen molar-refractivity contribution in [2.75, 3.05) is 58.8 Å². The molecule has 13 nitrogen and oxygen atoms in total. The van der Waals surface area contributed by atoms with E-state index in [9.17, 15) is 14.4 Å². The van der Waals surface area contributed by atoms with Crippen molar-refractivity contribution in [2.24, 2.45) is 0 Å². The number of carbonyl (C=O) groups excluding carboxylic acids is 2. The number of amides is 1. The average molecular weight is 570 g/mol. The highest BCUT2D eigenvalue weighted by molar-refractivity contribution is 5.82. The minimum absolute atomic E-state index is 0.00464. The Labute approximate surface area is 238 Å². The Hall–Kier alpha value is -3.97. The summed E-state index contributed by atoms with van der Waals surface area (Å²) >= 11 is 0. The van der Waals surface area contributed by atoms with Crippen molar-refractivity contribution in [3.63, 3.8) is 0 Å². The number of methoxy groups -OCH3 is 1. The Morgan fingerprint density at radius 1 is 1.12 bits per heavy atom. The molecule has 0 spiro atoms. The Balaban J connectivity index is 1.46. The first-order chi connectivity index (χ1) is 19.9. The highest BCUT2D eigenvalue weighted by Crippen LogP contribution is 2.18. The predicted molar refractivity (Wildman–Crippen MR) is 152 cm³/mol. The third-order valence-corrected chi connectivity index (χ3v) is 6.96. The van der Waals surface area contributed by atoms with Gasteiger partial charge in [0, 0.05) is 32.7 Å². The molecule has 3 heterocycles. The fourth-order valence-electron chi connectivity index (χ4n) is 4.59. The molecule has 0 radical (unpaired) electrons. The molecule has 0 saturated carbocycles. The molecule has 1 amide bonds. The van der Waals surface area contributed by atoms with E-state index in [-0.39, 0.29) is 35.8 Å². The largest absolute Gasteiger partial charge is 0.469 e. The van der Waals surface area contributed by atoms with E-state index in [1.807, 2.05) is 24.3 Å². The first-order valence-corrected chi connectivity index (χ1v) is 14.0. The summed E-state index contributed by atoms with van der Waals surface area (Å²) in [4.78, 5) is 53.0. The molecule has 1 fully saturated rings. The molecule has 0 atom stereocenters. The molecule has 3 aromatic rings. The van der Waals surface area contributed by atoms with Gasteiger partial charge in [-0.2, -0.15) is 9.97 Å². The molecule has 1 aromatic carbocycles. The number of unbranched alkanes of at least 4 members (excludes halogenated alkanes) is 1. The van der Waals surface area contributed by atoms with E-state index in [0.717, 1.165) is 24.0 Å². The number of rotatable bonds is 14. The lowest BCUT2D eigenvalue weighted by Gasteiger charge is -2.30. The van der Waals surface area contributed by atoms with E-state index < -0.39 is 0 Å². The van der Waals surface area contributed by atoms with Gasteiger partial charge in [-0.3, -0.25) is 19.1 Å². The van der Waals surface area contributed by atoms with Gasteiger partial charge in [-0.25, -0.2) is 4.79 Å². The van der Waals surface area contributed by atoms with Crippen LogP contribution in [0.5, 0.6) is 6.01 Å². The normalized spacial score (nSPS) is 13.8.